The van der Waals surface area contributed by atoms with Crippen LogP contribution in [0.1, 0.15) is 31.4 Å². The van der Waals surface area contributed by atoms with Crippen LogP contribution in [0.25, 0.3) is 0 Å². The minimum atomic E-state index is 0.465. The molecule has 1 aromatic rings. The zero-order valence-corrected chi connectivity index (χ0v) is 10.3. The quantitative estimate of drug-likeness (QED) is 0.815. The molecule has 0 spiro atoms. The molecule has 0 unspecified atom stereocenters. The summed E-state index contributed by atoms with van der Waals surface area (Å²) in [5.41, 5.74) is 1.05. The first-order chi connectivity index (χ1) is 7.78. The van der Waals surface area contributed by atoms with Crippen molar-refractivity contribution in [3.8, 4) is 0 Å². The van der Waals surface area contributed by atoms with Crippen LogP contribution in [-0.2, 0) is 11.2 Å². The number of rotatable bonds is 3. The van der Waals surface area contributed by atoms with E-state index in [4.69, 9.17) is 16.3 Å². The van der Waals surface area contributed by atoms with Crippen molar-refractivity contribution in [3.05, 3.63) is 23.0 Å². The van der Waals surface area contributed by atoms with E-state index >= 15 is 0 Å². The third-order valence-corrected chi connectivity index (χ3v) is 3.51. The van der Waals surface area contributed by atoms with Crippen LogP contribution in [-0.4, -0.2) is 23.4 Å². The van der Waals surface area contributed by atoms with Gasteiger partial charge in [0.1, 0.15) is 0 Å². The van der Waals surface area contributed by atoms with E-state index in [-0.39, 0.29) is 0 Å². The maximum Gasteiger partial charge on any atom is 0.151 e. The first-order valence-electron chi connectivity index (χ1n) is 5.79. The molecule has 1 fully saturated rings. The molecule has 0 aliphatic heterocycles. The predicted molar refractivity (Wildman–Crippen MR) is 63.5 cm³/mol. The zero-order chi connectivity index (χ0) is 11.4. The Morgan fingerprint density at radius 2 is 2.00 bits per heavy atom. The molecule has 1 aliphatic rings. The number of methoxy groups -OCH3 is 1. The van der Waals surface area contributed by atoms with E-state index in [9.17, 15) is 0 Å². The average molecular weight is 241 g/mol. The summed E-state index contributed by atoms with van der Waals surface area (Å²) in [4.78, 5) is 0. The van der Waals surface area contributed by atoms with Crippen molar-refractivity contribution in [2.24, 2.45) is 5.92 Å². The molecule has 4 heteroatoms. The van der Waals surface area contributed by atoms with Crippen LogP contribution in [0.4, 0.5) is 0 Å². The Labute approximate surface area is 101 Å². The molecular weight excluding hydrogens is 224 g/mol. The van der Waals surface area contributed by atoms with Gasteiger partial charge < -0.3 is 4.74 Å². The van der Waals surface area contributed by atoms with Crippen LogP contribution < -0.4 is 0 Å². The number of halogens is 1. The van der Waals surface area contributed by atoms with Crippen molar-refractivity contribution in [2.45, 2.75) is 38.2 Å². The Morgan fingerprint density at radius 3 is 2.56 bits per heavy atom. The summed E-state index contributed by atoms with van der Waals surface area (Å²) in [6.45, 7) is 0. The molecule has 16 heavy (non-hydrogen) atoms. The highest BCUT2D eigenvalue weighted by Gasteiger charge is 2.21. The second-order valence-corrected chi connectivity index (χ2v) is 4.82. The first-order valence-corrected chi connectivity index (χ1v) is 6.16. The normalized spacial score (nSPS) is 25.6. The summed E-state index contributed by atoms with van der Waals surface area (Å²) in [5.74, 6) is 0.724. The molecule has 0 atom stereocenters. The van der Waals surface area contributed by atoms with E-state index in [0.717, 1.165) is 18.0 Å². The first kappa shape index (κ1) is 11.8. The topological polar surface area (TPSA) is 35.0 Å². The number of hydrogen-bond acceptors (Lipinski definition) is 3. The lowest BCUT2D eigenvalue weighted by molar-refractivity contribution is 0.0567. The van der Waals surface area contributed by atoms with E-state index in [1.807, 2.05) is 12.1 Å². The third-order valence-electron chi connectivity index (χ3n) is 3.31. The summed E-state index contributed by atoms with van der Waals surface area (Å²) in [6, 6.07) is 3.78. The van der Waals surface area contributed by atoms with Crippen LogP contribution in [0.2, 0.25) is 5.15 Å². The van der Waals surface area contributed by atoms with E-state index < -0.39 is 0 Å². The Bertz CT molecular complexity index is 320. The summed E-state index contributed by atoms with van der Waals surface area (Å²) < 4.78 is 5.36. The lowest BCUT2D eigenvalue weighted by Crippen LogP contribution is -2.21. The highest BCUT2D eigenvalue weighted by atomic mass is 35.5. The number of nitrogens with zero attached hydrogens (tertiary/aromatic N) is 2. The van der Waals surface area contributed by atoms with E-state index in [2.05, 4.69) is 10.2 Å². The van der Waals surface area contributed by atoms with Gasteiger partial charge in [-0.2, -0.15) is 5.10 Å². The van der Waals surface area contributed by atoms with Crippen LogP contribution in [0.5, 0.6) is 0 Å². The number of ether oxygens (including phenoxy) is 1. The van der Waals surface area contributed by atoms with Crippen molar-refractivity contribution < 1.29 is 4.74 Å². The fourth-order valence-electron chi connectivity index (χ4n) is 2.32. The lowest BCUT2D eigenvalue weighted by Gasteiger charge is -2.27. The van der Waals surface area contributed by atoms with E-state index in [1.165, 1.54) is 25.7 Å². The molecule has 1 saturated carbocycles. The molecule has 88 valence electrons. The van der Waals surface area contributed by atoms with Gasteiger partial charge in [0.05, 0.1) is 11.8 Å². The van der Waals surface area contributed by atoms with Gasteiger partial charge in [0.25, 0.3) is 0 Å². The Morgan fingerprint density at radius 1 is 1.25 bits per heavy atom. The molecule has 3 nitrogen and oxygen atoms in total. The molecule has 1 heterocycles. The van der Waals surface area contributed by atoms with Crippen LogP contribution in [0.3, 0.4) is 0 Å². The van der Waals surface area contributed by atoms with Gasteiger partial charge in [-0.15, -0.1) is 5.10 Å². The number of hydrogen-bond donors (Lipinski definition) is 0. The third kappa shape index (κ3) is 3.16. The standard InChI is InChI=1S/C12H17ClN2O/c1-16-11-5-2-9(3-6-11)8-10-4-7-12(13)15-14-10/h4,7,9,11H,2-3,5-6,8H2,1H3. The smallest absolute Gasteiger partial charge is 0.151 e. The maximum absolute atomic E-state index is 5.70. The minimum absolute atomic E-state index is 0.465. The highest BCUT2D eigenvalue weighted by Crippen LogP contribution is 2.28. The SMILES string of the molecule is COC1CCC(Cc2ccc(Cl)nn2)CC1. The molecule has 1 aromatic heterocycles. The molecule has 0 N–H and O–H groups in total. The van der Waals surface area contributed by atoms with Crippen molar-refractivity contribution >= 4 is 11.6 Å². The van der Waals surface area contributed by atoms with Gasteiger partial charge >= 0.3 is 0 Å². The van der Waals surface area contributed by atoms with Gasteiger partial charge in [0, 0.05) is 7.11 Å². The Kier molecular flexibility index (Phi) is 4.13. The summed E-state index contributed by atoms with van der Waals surface area (Å²) in [5, 5.41) is 8.43. The lowest BCUT2D eigenvalue weighted by atomic mass is 9.84. The minimum Gasteiger partial charge on any atom is -0.381 e. The van der Waals surface area contributed by atoms with Crippen molar-refractivity contribution in [1.82, 2.24) is 10.2 Å². The van der Waals surface area contributed by atoms with Gasteiger partial charge in [-0.25, -0.2) is 0 Å². The summed E-state index contributed by atoms with van der Waals surface area (Å²) in [7, 11) is 1.80. The van der Waals surface area contributed by atoms with Crippen LogP contribution in [0.15, 0.2) is 12.1 Å². The van der Waals surface area contributed by atoms with Crippen LogP contribution in [0, 0.1) is 5.92 Å². The molecule has 0 radical (unpaired) electrons. The van der Waals surface area contributed by atoms with E-state index in [1.54, 1.807) is 7.11 Å². The summed E-state index contributed by atoms with van der Waals surface area (Å²) in [6.07, 6.45) is 6.27. The number of aromatic nitrogens is 2. The van der Waals surface area contributed by atoms with Crippen LogP contribution >= 0.6 is 11.6 Å². The van der Waals surface area contributed by atoms with Gasteiger partial charge in [-0.05, 0) is 50.2 Å². The molecule has 0 saturated heterocycles. The Hall–Kier alpha value is -0.670. The van der Waals surface area contributed by atoms with Gasteiger partial charge in [0.2, 0.25) is 0 Å². The van der Waals surface area contributed by atoms with Crippen molar-refractivity contribution in [3.63, 3.8) is 0 Å². The monoisotopic (exact) mass is 240 g/mol. The largest absolute Gasteiger partial charge is 0.381 e. The van der Waals surface area contributed by atoms with Crippen molar-refractivity contribution in [1.29, 1.82) is 0 Å². The summed E-state index contributed by atoms with van der Waals surface area (Å²) >= 11 is 5.70. The zero-order valence-electron chi connectivity index (χ0n) is 9.53. The molecular formula is C12H17ClN2O. The molecule has 1 aliphatic carbocycles. The Balaban J connectivity index is 1.84. The fraction of sp³-hybridized carbons (Fsp3) is 0.667. The van der Waals surface area contributed by atoms with Gasteiger partial charge in [0.15, 0.2) is 5.15 Å². The second kappa shape index (κ2) is 5.60. The molecule has 0 bridgehead atoms. The van der Waals surface area contributed by atoms with E-state index in [0.29, 0.717) is 11.3 Å². The molecule has 2 rings (SSSR count). The second-order valence-electron chi connectivity index (χ2n) is 4.43. The molecule has 0 amide bonds. The van der Waals surface area contributed by atoms with Gasteiger partial charge in [-0.1, -0.05) is 11.6 Å². The van der Waals surface area contributed by atoms with Crippen molar-refractivity contribution in [2.75, 3.05) is 7.11 Å². The maximum atomic E-state index is 5.70. The predicted octanol–water partition coefficient (Wildman–Crippen LogP) is 2.88. The fourth-order valence-corrected chi connectivity index (χ4v) is 2.42. The molecule has 0 aromatic carbocycles. The van der Waals surface area contributed by atoms with Gasteiger partial charge in [-0.3, -0.25) is 0 Å². The average Bonchev–Trinajstić information content (AvgIpc) is 2.33. The highest BCUT2D eigenvalue weighted by molar-refractivity contribution is 6.29.